The van der Waals surface area contributed by atoms with E-state index in [4.69, 9.17) is 9.52 Å². The normalized spacial score (nSPS) is 14.7. The summed E-state index contributed by atoms with van der Waals surface area (Å²) < 4.78 is 5.53. The van der Waals surface area contributed by atoms with Crippen molar-refractivity contribution in [2.45, 2.75) is 19.3 Å². The summed E-state index contributed by atoms with van der Waals surface area (Å²) in [7, 11) is 0. The summed E-state index contributed by atoms with van der Waals surface area (Å²) in [5, 5.41) is 17.0. The molecule has 0 unspecified atom stereocenters. The number of carboxylic acid groups (broad SMARTS) is 1. The van der Waals surface area contributed by atoms with Crippen molar-refractivity contribution in [2.24, 2.45) is 5.92 Å². The minimum absolute atomic E-state index is 0.180. The fraction of sp³-hybridized carbons (Fsp3) is 0.308. The predicted octanol–water partition coefficient (Wildman–Crippen LogP) is 2.39. The summed E-state index contributed by atoms with van der Waals surface area (Å²) in [5.41, 5.74) is 0.652. The first-order valence-corrected chi connectivity index (χ1v) is 5.89. The Labute approximate surface area is 103 Å². The highest BCUT2D eigenvalue weighted by Crippen LogP contribution is 2.33. The van der Waals surface area contributed by atoms with Gasteiger partial charge in [0.25, 0.3) is 0 Å². The van der Waals surface area contributed by atoms with Crippen LogP contribution in [0.3, 0.4) is 0 Å². The molecule has 0 amide bonds. The van der Waals surface area contributed by atoms with Crippen molar-refractivity contribution in [1.29, 1.82) is 0 Å². The second-order valence-corrected chi connectivity index (χ2v) is 4.50. The summed E-state index contributed by atoms with van der Waals surface area (Å²) >= 11 is 0. The van der Waals surface area contributed by atoms with Gasteiger partial charge in [0.05, 0.1) is 11.1 Å². The molecule has 18 heavy (non-hydrogen) atoms. The Morgan fingerprint density at radius 2 is 2.11 bits per heavy atom. The van der Waals surface area contributed by atoms with Crippen LogP contribution in [0.1, 0.15) is 29.1 Å². The van der Waals surface area contributed by atoms with Gasteiger partial charge in [0, 0.05) is 6.42 Å². The van der Waals surface area contributed by atoms with E-state index < -0.39 is 5.97 Å². The smallest absolute Gasteiger partial charge is 0.336 e. The molecule has 0 bridgehead atoms. The van der Waals surface area contributed by atoms with Crippen molar-refractivity contribution in [3.63, 3.8) is 0 Å². The molecular weight excluding hydrogens is 232 g/mol. The van der Waals surface area contributed by atoms with Crippen molar-refractivity contribution >= 4 is 5.97 Å². The topological polar surface area (TPSA) is 76.2 Å². The highest BCUT2D eigenvalue weighted by molar-refractivity contribution is 5.94. The zero-order valence-electron chi connectivity index (χ0n) is 9.67. The second-order valence-electron chi connectivity index (χ2n) is 4.50. The van der Waals surface area contributed by atoms with Gasteiger partial charge in [-0.05, 0) is 30.9 Å². The summed E-state index contributed by atoms with van der Waals surface area (Å²) in [6.07, 6.45) is 3.22. The van der Waals surface area contributed by atoms with Crippen LogP contribution in [0.15, 0.2) is 28.7 Å². The fourth-order valence-corrected chi connectivity index (χ4v) is 1.87. The molecule has 5 heteroatoms. The van der Waals surface area contributed by atoms with E-state index in [2.05, 4.69) is 10.2 Å². The SMILES string of the molecule is O=C(O)c1ccccc1-c1nnc(CC2CC2)o1. The van der Waals surface area contributed by atoms with Gasteiger partial charge in [-0.2, -0.15) is 0 Å². The van der Waals surface area contributed by atoms with Gasteiger partial charge in [0.1, 0.15) is 0 Å². The molecule has 1 aromatic heterocycles. The Bertz CT molecular complexity index is 587. The van der Waals surface area contributed by atoms with Crippen LogP contribution in [-0.4, -0.2) is 21.3 Å². The van der Waals surface area contributed by atoms with Crippen LogP contribution in [0.4, 0.5) is 0 Å². The van der Waals surface area contributed by atoms with Crippen LogP contribution in [0.5, 0.6) is 0 Å². The number of rotatable bonds is 4. The number of hydrogen-bond acceptors (Lipinski definition) is 4. The van der Waals surface area contributed by atoms with Crippen molar-refractivity contribution in [1.82, 2.24) is 10.2 Å². The molecule has 1 fully saturated rings. The van der Waals surface area contributed by atoms with E-state index >= 15 is 0 Å². The predicted molar refractivity (Wildman–Crippen MR) is 63.1 cm³/mol. The lowest BCUT2D eigenvalue weighted by molar-refractivity contribution is 0.0697. The number of aromatic carboxylic acids is 1. The molecule has 5 nitrogen and oxygen atoms in total. The van der Waals surface area contributed by atoms with E-state index in [-0.39, 0.29) is 11.5 Å². The summed E-state index contributed by atoms with van der Waals surface area (Å²) in [6.45, 7) is 0. The first-order chi connectivity index (χ1) is 8.74. The lowest BCUT2D eigenvalue weighted by Gasteiger charge is -1.99. The lowest BCUT2D eigenvalue weighted by atomic mass is 10.1. The fourth-order valence-electron chi connectivity index (χ4n) is 1.87. The molecule has 1 aliphatic carbocycles. The number of aromatic nitrogens is 2. The van der Waals surface area contributed by atoms with Crippen LogP contribution in [-0.2, 0) is 6.42 Å². The van der Waals surface area contributed by atoms with Gasteiger partial charge in [-0.25, -0.2) is 4.79 Å². The van der Waals surface area contributed by atoms with Crippen LogP contribution in [0.25, 0.3) is 11.5 Å². The second kappa shape index (κ2) is 4.25. The van der Waals surface area contributed by atoms with Gasteiger partial charge < -0.3 is 9.52 Å². The largest absolute Gasteiger partial charge is 0.478 e. The average molecular weight is 244 g/mol. The van der Waals surface area contributed by atoms with E-state index in [1.165, 1.54) is 18.9 Å². The minimum Gasteiger partial charge on any atom is -0.478 e. The van der Waals surface area contributed by atoms with Crippen molar-refractivity contribution in [3.05, 3.63) is 35.7 Å². The van der Waals surface area contributed by atoms with E-state index in [0.29, 0.717) is 17.4 Å². The molecule has 1 saturated carbocycles. The highest BCUT2D eigenvalue weighted by Gasteiger charge is 2.25. The molecule has 0 aliphatic heterocycles. The quantitative estimate of drug-likeness (QED) is 0.893. The summed E-state index contributed by atoms with van der Waals surface area (Å²) in [5.74, 6) is 0.539. The van der Waals surface area contributed by atoms with Crippen molar-refractivity contribution in [2.75, 3.05) is 0 Å². The molecule has 1 aliphatic rings. The zero-order valence-corrected chi connectivity index (χ0v) is 9.67. The third kappa shape index (κ3) is 2.11. The van der Waals surface area contributed by atoms with Crippen LogP contribution >= 0.6 is 0 Å². The minimum atomic E-state index is -0.993. The van der Waals surface area contributed by atoms with Crippen LogP contribution in [0, 0.1) is 5.92 Å². The van der Waals surface area contributed by atoms with Crippen LogP contribution in [0.2, 0.25) is 0 Å². The summed E-state index contributed by atoms with van der Waals surface area (Å²) in [6, 6.07) is 6.64. The van der Waals surface area contributed by atoms with Gasteiger partial charge >= 0.3 is 5.97 Å². The van der Waals surface area contributed by atoms with Gasteiger partial charge in [0.15, 0.2) is 0 Å². The van der Waals surface area contributed by atoms with E-state index in [0.717, 1.165) is 6.42 Å². The Kier molecular flexibility index (Phi) is 2.59. The number of nitrogens with zero attached hydrogens (tertiary/aromatic N) is 2. The third-order valence-corrected chi connectivity index (χ3v) is 3.01. The van der Waals surface area contributed by atoms with Crippen molar-refractivity contribution < 1.29 is 14.3 Å². The molecule has 1 aromatic carbocycles. The van der Waals surface area contributed by atoms with Gasteiger partial charge in [0.2, 0.25) is 11.8 Å². The number of carbonyl (C=O) groups is 1. The van der Waals surface area contributed by atoms with E-state index in [1.54, 1.807) is 18.2 Å². The summed E-state index contributed by atoms with van der Waals surface area (Å²) in [4.78, 5) is 11.1. The van der Waals surface area contributed by atoms with E-state index in [9.17, 15) is 4.79 Å². The molecule has 2 aromatic rings. The molecule has 0 radical (unpaired) electrons. The molecule has 1 heterocycles. The monoisotopic (exact) mass is 244 g/mol. The van der Waals surface area contributed by atoms with Crippen LogP contribution < -0.4 is 0 Å². The Balaban J connectivity index is 1.93. The third-order valence-electron chi connectivity index (χ3n) is 3.01. The molecule has 92 valence electrons. The zero-order chi connectivity index (χ0) is 12.5. The average Bonchev–Trinajstić information content (AvgIpc) is 3.05. The molecule has 0 spiro atoms. The highest BCUT2D eigenvalue weighted by atomic mass is 16.4. The van der Waals surface area contributed by atoms with Crippen molar-refractivity contribution in [3.8, 4) is 11.5 Å². The Hall–Kier alpha value is -2.17. The maximum atomic E-state index is 11.1. The van der Waals surface area contributed by atoms with E-state index in [1.807, 2.05) is 0 Å². The molecule has 0 saturated heterocycles. The van der Waals surface area contributed by atoms with Gasteiger partial charge in [-0.3, -0.25) is 0 Å². The molecule has 3 rings (SSSR count). The first-order valence-electron chi connectivity index (χ1n) is 5.89. The Morgan fingerprint density at radius 3 is 2.83 bits per heavy atom. The number of benzene rings is 1. The first kappa shape index (κ1) is 11.0. The van der Waals surface area contributed by atoms with Gasteiger partial charge in [-0.1, -0.05) is 12.1 Å². The van der Waals surface area contributed by atoms with Gasteiger partial charge in [-0.15, -0.1) is 10.2 Å². The number of hydrogen-bond donors (Lipinski definition) is 1. The molecular formula is C13H12N2O3. The maximum Gasteiger partial charge on any atom is 0.336 e. The maximum absolute atomic E-state index is 11.1. The lowest BCUT2D eigenvalue weighted by Crippen LogP contribution is -1.99. The molecule has 0 atom stereocenters. The Morgan fingerprint density at radius 1 is 1.33 bits per heavy atom. The standard InChI is InChI=1S/C13H12N2O3/c16-13(17)10-4-2-1-3-9(10)12-15-14-11(18-12)7-8-5-6-8/h1-4,8H,5-7H2,(H,16,17). The number of carboxylic acids is 1. The molecule has 1 N–H and O–H groups in total.